The number of halogens is 5. The fourth-order valence-corrected chi connectivity index (χ4v) is 1.63. The Hall–Kier alpha value is -0.520. The van der Waals surface area contributed by atoms with Crippen molar-refractivity contribution in [3.8, 4) is 0 Å². The number of alkyl halides is 3. The van der Waals surface area contributed by atoms with Gasteiger partial charge < -0.3 is 0 Å². The first kappa shape index (κ1) is 13.5. The molecule has 0 saturated carbocycles. The molecule has 0 radical (unpaired) electrons. The van der Waals surface area contributed by atoms with Crippen molar-refractivity contribution >= 4 is 23.2 Å². The summed E-state index contributed by atoms with van der Waals surface area (Å²) in [5.74, 6) is 0. The molecule has 0 spiro atoms. The van der Waals surface area contributed by atoms with E-state index >= 15 is 0 Å². The lowest BCUT2D eigenvalue weighted by Gasteiger charge is -2.18. The van der Waals surface area contributed by atoms with Gasteiger partial charge in [-0.1, -0.05) is 23.2 Å². The van der Waals surface area contributed by atoms with E-state index in [1.54, 1.807) is 0 Å². The lowest BCUT2D eigenvalue weighted by Crippen LogP contribution is -2.30. The summed E-state index contributed by atoms with van der Waals surface area (Å²) in [6.45, 7) is -0.922. The van der Waals surface area contributed by atoms with Gasteiger partial charge in [0.1, 0.15) is 5.15 Å². The van der Waals surface area contributed by atoms with Gasteiger partial charge in [0.2, 0.25) is 0 Å². The predicted molar refractivity (Wildman–Crippen MR) is 56.6 cm³/mol. The van der Waals surface area contributed by atoms with E-state index in [1.807, 2.05) is 0 Å². The highest BCUT2D eigenvalue weighted by Crippen LogP contribution is 2.21. The third-order valence-corrected chi connectivity index (χ3v) is 2.34. The van der Waals surface area contributed by atoms with Gasteiger partial charge in [-0.05, 0) is 13.1 Å². The number of rotatable bonds is 3. The molecule has 0 aliphatic heterocycles. The molecule has 2 nitrogen and oxygen atoms in total. The molecule has 7 heteroatoms. The molecule has 16 heavy (non-hydrogen) atoms. The Morgan fingerprint density at radius 2 is 2.00 bits per heavy atom. The average Bonchev–Trinajstić information content (AvgIpc) is 2.06. The van der Waals surface area contributed by atoms with Crippen LogP contribution in [0, 0.1) is 0 Å². The first-order valence-electron chi connectivity index (χ1n) is 4.33. The summed E-state index contributed by atoms with van der Waals surface area (Å²) in [7, 11) is 1.36. The largest absolute Gasteiger partial charge is 0.401 e. The minimum Gasteiger partial charge on any atom is -0.294 e. The van der Waals surface area contributed by atoms with Gasteiger partial charge >= 0.3 is 6.18 Å². The van der Waals surface area contributed by atoms with Crippen molar-refractivity contribution in [3.05, 3.63) is 28.0 Å². The zero-order chi connectivity index (χ0) is 12.3. The normalized spacial score (nSPS) is 12.2. The topological polar surface area (TPSA) is 16.1 Å². The maximum Gasteiger partial charge on any atom is 0.401 e. The van der Waals surface area contributed by atoms with E-state index in [2.05, 4.69) is 4.98 Å². The van der Waals surface area contributed by atoms with Crippen LogP contribution in [-0.2, 0) is 6.54 Å². The number of aromatic nitrogens is 1. The molecule has 1 heterocycles. The van der Waals surface area contributed by atoms with Crippen LogP contribution in [0.15, 0.2) is 12.3 Å². The second-order valence-electron chi connectivity index (χ2n) is 3.39. The summed E-state index contributed by atoms with van der Waals surface area (Å²) in [5.41, 5.74) is 0.512. The van der Waals surface area contributed by atoms with Crippen molar-refractivity contribution in [2.75, 3.05) is 13.6 Å². The molecule has 90 valence electrons. The Kier molecular flexibility index (Phi) is 4.41. The fourth-order valence-electron chi connectivity index (χ4n) is 1.20. The highest BCUT2D eigenvalue weighted by atomic mass is 35.5. The van der Waals surface area contributed by atoms with E-state index in [0.717, 1.165) is 4.90 Å². The number of nitrogens with zero attached hydrogens (tertiary/aromatic N) is 2. The first-order chi connectivity index (χ1) is 7.28. The molecule has 0 unspecified atom stereocenters. The third-order valence-electron chi connectivity index (χ3n) is 1.79. The molecular weight excluding hydrogens is 264 g/mol. The quantitative estimate of drug-likeness (QED) is 0.785. The summed E-state index contributed by atoms with van der Waals surface area (Å²) < 4.78 is 36.2. The zero-order valence-electron chi connectivity index (χ0n) is 8.35. The van der Waals surface area contributed by atoms with Crippen LogP contribution in [0.4, 0.5) is 13.2 Å². The zero-order valence-corrected chi connectivity index (χ0v) is 9.87. The molecule has 0 aliphatic carbocycles. The monoisotopic (exact) mass is 272 g/mol. The van der Waals surface area contributed by atoms with Gasteiger partial charge in [-0.3, -0.25) is 4.90 Å². The van der Waals surface area contributed by atoms with Crippen molar-refractivity contribution in [2.45, 2.75) is 12.7 Å². The van der Waals surface area contributed by atoms with Gasteiger partial charge in [-0.2, -0.15) is 13.2 Å². The maximum atomic E-state index is 12.1. The third kappa shape index (κ3) is 4.55. The van der Waals surface area contributed by atoms with E-state index in [-0.39, 0.29) is 11.7 Å². The van der Waals surface area contributed by atoms with Gasteiger partial charge in [0.15, 0.2) is 0 Å². The minimum atomic E-state index is -4.22. The Morgan fingerprint density at radius 1 is 1.38 bits per heavy atom. The molecule has 0 N–H and O–H groups in total. The lowest BCUT2D eigenvalue weighted by atomic mass is 10.2. The SMILES string of the molecule is CN(Cc1cnc(Cl)cc1Cl)CC(F)(F)F. The van der Waals surface area contributed by atoms with Gasteiger partial charge in [0.25, 0.3) is 0 Å². The van der Waals surface area contributed by atoms with E-state index in [9.17, 15) is 13.2 Å². The Morgan fingerprint density at radius 3 is 2.50 bits per heavy atom. The maximum absolute atomic E-state index is 12.1. The van der Waals surface area contributed by atoms with E-state index < -0.39 is 12.7 Å². The van der Waals surface area contributed by atoms with Crippen LogP contribution < -0.4 is 0 Å². The summed E-state index contributed by atoms with van der Waals surface area (Å²) in [6.07, 6.45) is -2.85. The molecule has 1 aromatic rings. The summed E-state index contributed by atoms with van der Waals surface area (Å²) in [4.78, 5) is 4.87. The van der Waals surface area contributed by atoms with Crippen molar-refractivity contribution in [1.29, 1.82) is 0 Å². The summed E-state index contributed by atoms with van der Waals surface area (Å²) in [5, 5.41) is 0.529. The molecule has 0 bridgehead atoms. The molecule has 1 aromatic heterocycles. The van der Waals surface area contributed by atoms with Crippen LogP contribution in [0.2, 0.25) is 10.2 Å². The summed E-state index contributed by atoms with van der Waals surface area (Å²) in [6, 6.07) is 1.40. The lowest BCUT2D eigenvalue weighted by molar-refractivity contribution is -0.144. The van der Waals surface area contributed by atoms with Gasteiger partial charge in [-0.25, -0.2) is 4.98 Å². The van der Waals surface area contributed by atoms with Crippen molar-refractivity contribution in [2.24, 2.45) is 0 Å². The second-order valence-corrected chi connectivity index (χ2v) is 4.18. The molecule has 0 aliphatic rings. The molecule has 0 fully saturated rings. The van der Waals surface area contributed by atoms with Gasteiger partial charge in [0.05, 0.1) is 6.54 Å². The van der Waals surface area contributed by atoms with Crippen molar-refractivity contribution in [3.63, 3.8) is 0 Å². The first-order valence-corrected chi connectivity index (χ1v) is 5.09. The molecule has 0 atom stereocenters. The van der Waals surface area contributed by atoms with Crippen LogP contribution in [0.1, 0.15) is 5.56 Å². The molecule has 0 amide bonds. The number of hydrogen-bond acceptors (Lipinski definition) is 2. The van der Waals surface area contributed by atoms with E-state index in [4.69, 9.17) is 23.2 Å². The fraction of sp³-hybridized carbons (Fsp3) is 0.444. The average molecular weight is 273 g/mol. The highest BCUT2D eigenvalue weighted by Gasteiger charge is 2.29. The number of pyridine rings is 1. The molecular formula is C9H9Cl2F3N2. The van der Waals surface area contributed by atoms with E-state index in [0.29, 0.717) is 10.6 Å². The Labute approximate surface area is 101 Å². The Bertz CT molecular complexity index is 368. The molecule has 0 aromatic carbocycles. The van der Waals surface area contributed by atoms with Gasteiger partial charge in [-0.15, -0.1) is 0 Å². The van der Waals surface area contributed by atoms with Crippen LogP contribution in [0.25, 0.3) is 0 Å². The van der Waals surface area contributed by atoms with Crippen molar-refractivity contribution in [1.82, 2.24) is 9.88 Å². The predicted octanol–water partition coefficient (Wildman–Crippen LogP) is 3.38. The van der Waals surface area contributed by atoms with Crippen LogP contribution in [-0.4, -0.2) is 29.7 Å². The molecule has 0 saturated heterocycles. The standard InChI is InChI=1S/C9H9Cl2F3N2/c1-16(5-9(12,13)14)4-6-3-15-8(11)2-7(6)10/h2-3H,4-5H2,1H3. The van der Waals surface area contributed by atoms with Crippen LogP contribution >= 0.6 is 23.2 Å². The van der Waals surface area contributed by atoms with Crippen LogP contribution in [0.3, 0.4) is 0 Å². The second kappa shape index (κ2) is 5.21. The summed E-state index contributed by atoms with van der Waals surface area (Å²) >= 11 is 11.4. The van der Waals surface area contributed by atoms with Crippen molar-refractivity contribution < 1.29 is 13.2 Å². The Balaban J connectivity index is 2.66. The highest BCUT2D eigenvalue weighted by molar-refractivity contribution is 6.34. The minimum absolute atomic E-state index is 0.0719. The molecule has 1 rings (SSSR count). The van der Waals surface area contributed by atoms with Crippen LogP contribution in [0.5, 0.6) is 0 Å². The van der Waals surface area contributed by atoms with Gasteiger partial charge in [0, 0.05) is 23.3 Å². The smallest absolute Gasteiger partial charge is 0.294 e. The van der Waals surface area contributed by atoms with E-state index in [1.165, 1.54) is 19.3 Å². The number of hydrogen-bond donors (Lipinski definition) is 0.